The molecule has 2 aliphatic rings. The molecular weight excluding hydrogens is 250 g/mol. The van der Waals surface area contributed by atoms with Crippen LogP contribution >= 0.6 is 0 Å². The summed E-state index contributed by atoms with van der Waals surface area (Å²) >= 11 is 0. The molecule has 3 rings (SSSR count). The van der Waals surface area contributed by atoms with Gasteiger partial charge in [-0.05, 0) is 43.7 Å². The van der Waals surface area contributed by atoms with Gasteiger partial charge in [0, 0.05) is 31.8 Å². The molecule has 4 nitrogen and oxygen atoms in total. The zero-order valence-corrected chi connectivity index (χ0v) is 12.1. The second-order valence-electron chi connectivity index (χ2n) is 5.84. The highest BCUT2D eigenvalue weighted by Crippen LogP contribution is 2.29. The van der Waals surface area contributed by atoms with Crippen LogP contribution in [0.4, 0.5) is 5.82 Å². The van der Waals surface area contributed by atoms with Gasteiger partial charge in [0.2, 0.25) is 0 Å². The van der Waals surface area contributed by atoms with E-state index in [2.05, 4.69) is 17.0 Å². The number of ether oxygens (including phenoxy) is 1. The van der Waals surface area contributed by atoms with E-state index in [0.717, 1.165) is 50.3 Å². The van der Waals surface area contributed by atoms with Crippen LogP contribution in [0.15, 0.2) is 6.07 Å². The minimum atomic E-state index is 0.560. The number of aryl methyl sites for hydroxylation is 2. The fourth-order valence-corrected chi connectivity index (χ4v) is 3.34. The first-order valence-corrected chi connectivity index (χ1v) is 7.48. The first kappa shape index (κ1) is 13.4. The molecule has 0 bridgehead atoms. The maximum absolute atomic E-state index is 9.41. The summed E-state index contributed by atoms with van der Waals surface area (Å²) in [5.74, 6) is 1.45. The Kier molecular flexibility index (Phi) is 3.88. The van der Waals surface area contributed by atoms with Crippen molar-refractivity contribution in [3.63, 3.8) is 0 Å². The van der Waals surface area contributed by atoms with Crippen LogP contribution in [0, 0.1) is 17.2 Å². The Morgan fingerprint density at radius 3 is 3.10 bits per heavy atom. The highest BCUT2D eigenvalue weighted by atomic mass is 16.5. The van der Waals surface area contributed by atoms with Crippen molar-refractivity contribution >= 4 is 5.82 Å². The second-order valence-corrected chi connectivity index (χ2v) is 5.84. The topological polar surface area (TPSA) is 49.1 Å². The summed E-state index contributed by atoms with van der Waals surface area (Å²) in [4.78, 5) is 7.08. The summed E-state index contributed by atoms with van der Waals surface area (Å²) < 4.78 is 5.24. The predicted molar refractivity (Wildman–Crippen MR) is 77.8 cm³/mol. The molecule has 4 heteroatoms. The number of methoxy groups -OCH3 is 1. The van der Waals surface area contributed by atoms with Gasteiger partial charge >= 0.3 is 0 Å². The number of pyridine rings is 1. The van der Waals surface area contributed by atoms with Crippen LogP contribution in [0.1, 0.15) is 36.1 Å². The van der Waals surface area contributed by atoms with Crippen molar-refractivity contribution in [2.24, 2.45) is 5.92 Å². The average Bonchev–Trinajstić information content (AvgIpc) is 2.94. The van der Waals surface area contributed by atoms with E-state index in [-0.39, 0.29) is 0 Å². The lowest BCUT2D eigenvalue weighted by molar-refractivity contribution is 0.161. The Morgan fingerprint density at radius 1 is 1.45 bits per heavy atom. The maximum atomic E-state index is 9.41. The summed E-state index contributed by atoms with van der Waals surface area (Å²) in [7, 11) is 1.75. The molecule has 0 saturated carbocycles. The second kappa shape index (κ2) is 5.80. The molecule has 20 heavy (non-hydrogen) atoms. The molecule has 1 aliphatic heterocycles. The Balaban J connectivity index is 1.87. The minimum absolute atomic E-state index is 0.560. The van der Waals surface area contributed by atoms with E-state index in [1.165, 1.54) is 24.1 Å². The molecule has 1 fully saturated rings. The van der Waals surface area contributed by atoms with Crippen LogP contribution in [-0.4, -0.2) is 31.8 Å². The molecule has 106 valence electrons. The average molecular weight is 271 g/mol. The predicted octanol–water partition coefficient (Wildman–Crippen LogP) is 2.30. The van der Waals surface area contributed by atoms with E-state index in [0.29, 0.717) is 5.92 Å². The van der Waals surface area contributed by atoms with E-state index in [1.54, 1.807) is 7.11 Å². The fourth-order valence-electron chi connectivity index (χ4n) is 3.34. The minimum Gasteiger partial charge on any atom is -0.384 e. The third kappa shape index (κ3) is 2.51. The van der Waals surface area contributed by atoms with Gasteiger partial charge in [0.15, 0.2) is 0 Å². The molecule has 1 aromatic heterocycles. The zero-order valence-electron chi connectivity index (χ0n) is 12.1. The molecule has 1 atom stereocenters. The monoisotopic (exact) mass is 271 g/mol. The van der Waals surface area contributed by atoms with E-state index < -0.39 is 0 Å². The van der Waals surface area contributed by atoms with Crippen LogP contribution in [-0.2, 0) is 17.6 Å². The number of hydrogen-bond acceptors (Lipinski definition) is 4. The third-order valence-electron chi connectivity index (χ3n) is 4.39. The molecule has 0 spiro atoms. The van der Waals surface area contributed by atoms with Gasteiger partial charge in [0.1, 0.15) is 11.9 Å². The number of nitriles is 1. The van der Waals surface area contributed by atoms with Gasteiger partial charge in [-0.2, -0.15) is 5.26 Å². The molecule has 1 unspecified atom stereocenters. The van der Waals surface area contributed by atoms with E-state index in [1.807, 2.05) is 0 Å². The largest absolute Gasteiger partial charge is 0.384 e. The van der Waals surface area contributed by atoms with Gasteiger partial charge in [-0.15, -0.1) is 0 Å². The van der Waals surface area contributed by atoms with Crippen LogP contribution in [0.2, 0.25) is 0 Å². The van der Waals surface area contributed by atoms with Gasteiger partial charge in [-0.25, -0.2) is 4.98 Å². The molecule has 1 aliphatic carbocycles. The summed E-state index contributed by atoms with van der Waals surface area (Å²) in [6, 6.07) is 4.40. The van der Waals surface area contributed by atoms with Crippen molar-refractivity contribution in [3.05, 3.63) is 22.9 Å². The number of hydrogen-bond donors (Lipinski definition) is 0. The Labute approximate surface area is 120 Å². The fraction of sp³-hybridized carbons (Fsp3) is 0.625. The third-order valence-corrected chi connectivity index (χ3v) is 4.39. The molecule has 1 saturated heterocycles. The number of rotatable bonds is 3. The van der Waals surface area contributed by atoms with Gasteiger partial charge in [-0.3, -0.25) is 0 Å². The molecule has 0 amide bonds. The van der Waals surface area contributed by atoms with Crippen molar-refractivity contribution in [1.29, 1.82) is 5.26 Å². The van der Waals surface area contributed by atoms with Crippen molar-refractivity contribution < 1.29 is 4.74 Å². The highest BCUT2D eigenvalue weighted by Gasteiger charge is 2.26. The molecule has 2 heterocycles. The van der Waals surface area contributed by atoms with Crippen LogP contribution in [0.25, 0.3) is 0 Å². The molecule has 0 radical (unpaired) electrons. The van der Waals surface area contributed by atoms with E-state index in [9.17, 15) is 5.26 Å². The number of anilines is 1. The van der Waals surface area contributed by atoms with Gasteiger partial charge in [0.05, 0.1) is 12.2 Å². The van der Waals surface area contributed by atoms with Crippen molar-refractivity contribution in [1.82, 2.24) is 4.98 Å². The first-order valence-electron chi connectivity index (χ1n) is 7.48. The van der Waals surface area contributed by atoms with E-state index in [4.69, 9.17) is 9.72 Å². The Morgan fingerprint density at radius 2 is 2.30 bits per heavy atom. The standard InChI is InChI=1S/C16H21N3O/c1-20-11-12-6-7-19(10-12)16-14(9-17)8-13-4-2-3-5-15(13)18-16/h8,12H,2-7,10-11H2,1H3. The van der Waals surface area contributed by atoms with E-state index >= 15 is 0 Å². The summed E-state index contributed by atoms with van der Waals surface area (Å²) in [5.41, 5.74) is 3.23. The maximum Gasteiger partial charge on any atom is 0.146 e. The van der Waals surface area contributed by atoms with Gasteiger partial charge < -0.3 is 9.64 Å². The van der Waals surface area contributed by atoms with Crippen LogP contribution < -0.4 is 4.90 Å². The molecular formula is C16H21N3O. The summed E-state index contributed by atoms with van der Waals surface area (Å²) in [5, 5.41) is 9.41. The molecule has 0 N–H and O–H groups in total. The molecule has 0 aromatic carbocycles. The van der Waals surface area contributed by atoms with Crippen LogP contribution in [0.5, 0.6) is 0 Å². The number of fused-ring (bicyclic) bond motifs is 1. The Hall–Kier alpha value is -1.60. The summed E-state index contributed by atoms with van der Waals surface area (Å²) in [6.45, 7) is 2.73. The summed E-state index contributed by atoms with van der Waals surface area (Å²) in [6.07, 6.45) is 5.70. The lowest BCUT2D eigenvalue weighted by Gasteiger charge is -2.22. The lowest BCUT2D eigenvalue weighted by Crippen LogP contribution is -2.24. The normalized spacial score (nSPS) is 21.6. The van der Waals surface area contributed by atoms with Crippen molar-refractivity contribution in [2.45, 2.75) is 32.1 Å². The Bertz CT molecular complexity index is 535. The smallest absolute Gasteiger partial charge is 0.146 e. The SMILES string of the molecule is COCC1CCN(c2nc3c(cc2C#N)CCCC3)C1. The zero-order chi connectivity index (χ0) is 13.9. The van der Waals surface area contributed by atoms with Gasteiger partial charge in [-0.1, -0.05) is 0 Å². The first-order chi connectivity index (χ1) is 9.81. The lowest BCUT2D eigenvalue weighted by atomic mass is 9.95. The number of aromatic nitrogens is 1. The van der Waals surface area contributed by atoms with Crippen molar-refractivity contribution in [3.8, 4) is 6.07 Å². The quantitative estimate of drug-likeness (QED) is 0.846. The highest BCUT2D eigenvalue weighted by molar-refractivity contribution is 5.57. The number of nitrogens with zero attached hydrogens (tertiary/aromatic N) is 3. The van der Waals surface area contributed by atoms with Crippen LogP contribution in [0.3, 0.4) is 0 Å². The van der Waals surface area contributed by atoms with Crippen molar-refractivity contribution in [2.75, 3.05) is 31.7 Å². The van der Waals surface area contributed by atoms with Gasteiger partial charge in [0.25, 0.3) is 0 Å². The molecule has 1 aromatic rings.